The van der Waals surface area contributed by atoms with Crippen LogP contribution in [0.4, 0.5) is 5.82 Å². The first-order valence-electron chi connectivity index (χ1n) is 7.01. The summed E-state index contributed by atoms with van der Waals surface area (Å²) in [6.45, 7) is 4.73. The molecule has 1 amide bonds. The fourth-order valence-electron chi connectivity index (χ4n) is 2.51. The molecule has 1 aliphatic rings. The Morgan fingerprint density at radius 3 is 3.00 bits per heavy atom. The molecular formula is C14H19N5O. The number of amides is 1. The molecule has 0 spiro atoms. The summed E-state index contributed by atoms with van der Waals surface area (Å²) in [4.78, 5) is 16.7. The number of imidazole rings is 1. The second kappa shape index (κ2) is 5.11. The molecule has 0 fully saturated rings. The van der Waals surface area contributed by atoms with Gasteiger partial charge in [0.05, 0.1) is 12.4 Å². The highest BCUT2D eigenvalue weighted by Gasteiger charge is 2.20. The van der Waals surface area contributed by atoms with Gasteiger partial charge in [-0.15, -0.1) is 0 Å². The molecule has 0 saturated heterocycles. The summed E-state index contributed by atoms with van der Waals surface area (Å²) in [5.74, 6) is 1.79. The molecule has 6 nitrogen and oxygen atoms in total. The predicted molar refractivity (Wildman–Crippen MR) is 75.5 cm³/mol. The van der Waals surface area contributed by atoms with E-state index in [0.717, 1.165) is 36.6 Å². The van der Waals surface area contributed by atoms with Crippen LogP contribution < -0.4 is 5.32 Å². The number of rotatable bonds is 3. The van der Waals surface area contributed by atoms with E-state index < -0.39 is 0 Å². The summed E-state index contributed by atoms with van der Waals surface area (Å²) in [7, 11) is 0. The summed E-state index contributed by atoms with van der Waals surface area (Å²) >= 11 is 0. The molecule has 1 N–H and O–H groups in total. The molecule has 1 atom stereocenters. The summed E-state index contributed by atoms with van der Waals surface area (Å²) < 4.78 is 3.78. The van der Waals surface area contributed by atoms with E-state index in [4.69, 9.17) is 0 Å². The lowest BCUT2D eigenvalue weighted by atomic mass is 10.2. The molecule has 2 aromatic heterocycles. The highest BCUT2D eigenvalue weighted by molar-refractivity contribution is 5.92. The summed E-state index contributed by atoms with van der Waals surface area (Å²) in [5, 5.41) is 7.15. The number of aryl methyl sites for hydroxylation is 2. The number of fused-ring (bicyclic) bond motifs is 1. The first-order valence-corrected chi connectivity index (χ1v) is 7.01. The maximum absolute atomic E-state index is 12.3. The zero-order valence-corrected chi connectivity index (χ0v) is 11.8. The lowest BCUT2D eigenvalue weighted by Gasteiger charge is -2.18. The molecule has 0 bridgehead atoms. The largest absolute Gasteiger partial charge is 0.315 e. The Hall–Kier alpha value is -2.11. The number of hydrogen-bond acceptors (Lipinski definition) is 3. The van der Waals surface area contributed by atoms with Gasteiger partial charge in [0.1, 0.15) is 17.7 Å². The van der Waals surface area contributed by atoms with Crippen LogP contribution in [0.1, 0.15) is 37.2 Å². The monoisotopic (exact) mass is 273 g/mol. The molecule has 0 radical (unpaired) electrons. The molecule has 2 aromatic rings. The number of aromatic nitrogens is 4. The fourth-order valence-corrected chi connectivity index (χ4v) is 2.51. The number of carbonyl (C=O) groups excluding carboxylic acids is 1. The molecule has 3 heterocycles. The van der Waals surface area contributed by atoms with Crippen molar-refractivity contribution in [2.45, 2.75) is 45.7 Å². The number of hydrogen-bond donors (Lipinski definition) is 1. The SMILES string of the molecule is Cc1cnn(C(C)C(=O)Nc2cnc3n2CCCC3)c1. The summed E-state index contributed by atoms with van der Waals surface area (Å²) in [5.41, 5.74) is 1.05. The summed E-state index contributed by atoms with van der Waals surface area (Å²) in [6, 6.07) is -0.335. The van der Waals surface area contributed by atoms with Gasteiger partial charge in [0, 0.05) is 19.2 Å². The fraction of sp³-hybridized carbons (Fsp3) is 0.500. The third-order valence-corrected chi connectivity index (χ3v) is 3.73. The standard InChI is InChI=1S/C14H19N5O/c1-10-7-16-19(9-10)11(2)14(20)17-13-8-15-12-5-3-4-6-18(12)13/h7-9,11H,3-6H2,1-2H3,(H,17,20). The Bertz CT molecular complexity index is 627. The van der Waals surface area contributed by atoms with Crippen LogP contribution >= 0.6 is 0 Å². The Balaban J connectivity index is 1.74. The van der Waals surface area contributed by atoms with E-state index in [2.05, 4.69) is 20.0 Å². The van der Waals surface area contributed by atoms with Gasteiger partial charge in [0.25, 0.3) is 0 Å². The van der Waals surface area contributed by atoms with Crippen molar-refractivity contribution in [3.8, 4) is 0 Å². The molecule has 106 valence electrons. The van der Waals surface area contributed by atoms with Gasteiger partial charge in [-0.05, 0) is 32.3 Å². The van der Waals surface area contributed by atoms with Crippen molar-refractivity contribution in [1.82, 2.24) is 19.3 Å². The van der Waals surface area contributed by atoms with E-state index in [0.29, 0.717) is 0 Å². The van der Waals surface area contributed by atoms with Crippen molar-refractivity contribution in [2.24, 2.45) is 0 Å². The van der Waals surface area contributed by atoms with Crippen LogP contribution in [-0.2, 0) is 17.8 Å². The quantitative estimate of drug-likeness (QED) is 0.929. The van der Waals surface area contributed by atoms with Gasteiger partial charge in [-0.3, -0.25) is 9.48 Å². The maximum Gasteiger partial charge on any atom is 0.250 e. The van der Waals surface area contributed by atoms with Gasteiger partial charge in [0.2, 0.25) is 5.91 Å². The third-order valence-electron chi connectivity index (χ3n) is 3.73. The van der Waals surface area contributed by atoms with Gasteiger partial charge in [-0.1, -0.05) is 0 Å². The summed E-state index contributed by atoms with van der Waals surface area (Å²) in [6.07, 6.45) is 8.68. The van der Waals surface area contributed by atoms with Crippen molar-refractivity contribution < 1.29 is 4.79 Å². The second-order valence-electron chi connectivity index (χ2n) is 5.33. The van der Waals surface area contributed by atoms with Gasteiger partial charge >= 0.3 is 0 Å². The number of carbonyl (C=O) groups is 1. The predicted octanol–water partition coefficient (Wildman–Crippen LogP) is 1.92. The molecule has 3 rings (SSSR count). The smallest absolute Gasteiger partial charge is 0.250 e. The normalized spacial score (nSPS) is 15.7. The molecule has 1 aliphatic heterocycles. The van der Waals surface area contributed by atoms with E-state index >= 15 is 0 Å². The Labute approximate surface area is 117 Å². The topological polar surface area (TPSA) is 64.7 Å². The van der Waals surface area contributed by atoms with E-state index in [1.165, 1.54) is 6.42 Å². The number of nitrogens with zero attached hydrogens (tertiary/aromatic N) is 4. The molecule has 0 aromatic carbocycles. The van der Waals surface area contributed by atoms with Crippen molar-refractivity contribution >= 4 is 11.7 Å². The van der Waals surface area contributed by atoms with Gasteiger partial charge < -0.3 is 9.88 Å². The van der Waals surface area contributed by atoms with Gasteiger partial charge in [-0.2, -0.15) is 5.10 Å². The molecule has 6 heteroatoms. The van der Waals surface area contributed by atoms with Crippen LogP contribution in [0, 0.1) is 6.92 Å². The first-order chi connectivity index (χ1) is 9.65. The molecule has 20 heavy (non-hydrogen) atoms. The van der Waals surface area contributed by atoms with Crippen LogP contribution in [0.5, 0.6) is 0 Å². The van der Waals surface area contributed by atoms with Gasteiger partial charge in [0.15, 0.2) is 0 Å². The van der Waals surface area contributed by atoms with E-state index in [1.54, 1.807) is 17.1 Å². The minimum atomic E-state index is -0.335. The highest BCUT2D eigenvalue weighted by atomic mass is 16.2. The van der Waals surface area contributed by atoms with Crippen LogP contribution in [0.25, 0.3) is 0 Å². The Kier molecular flexibility index (Phi) is 3.30. The highest BCUT2D eigenvalue weighted by Crippen LogP contribution is 2.20. The lowest BCUT2D eigenvalue weighted by molar-refractivity contribution is -0.119. The minimum absolute atomic E-state index is 0.0682. The number of nitrogens with one attached hydrogen (secondary N) is 1. The van der Waals surface area contributed by atoms with Crippen LogP contribution in [0.3, 0.4) is 0 Å². The molecule has 1 unspecified atom stereocenters. The van der Waals surface area contributed by atoms with Gasteiger partial charge in [-0.25, -0.2) is 4.98 Å². The van der Waals surface area contributed by atoms with E-state index in [1.807, 2.05) is 20.0 Å². The van der Waals surface area contributed by atoms with Crippen molar-refractivity contribution in [3.63, 3.8) is 0 Å². The third kappa shape index (κ3) is 2.33. The zero-order valence-electron chi connectivity index (χ0n) is 11.8. The lowest BCUT2D eigenvalue weighted by Crippen LogP contribution is -2.26. The van der Waals surface area contributed by atoms with E-state index in [-0.39, 0.29) is 11.9 Å². The minimum Gasteiger partial charge on any atom is -0.315 e. The van der Waals surface area contributed by atoms with Crippen molar-refractivity contribution in [3.05, 3.63) is 30.0 Å². The molecular weight excluding hydrogens is 254 g/mol. The average molecular weight is 273 g/mol. The van der Waals surface area contributed by atoms with E-state index in [9.17, 15) is 4.79 Å². The Morgan fingerprint density at radius 2 is 2.25 bits per heavy atom. The average Bonchev–Trinajstić information content (AvgIpc) is 3.05. The zero-order chi connectivity index (χ0) is 14.1. The maximum atomic E-state index is 12.3. The molecule has 0 saturated carbocycles. The van der Waals surface area contributed by atoms with Crippen LogP contribution in [0.2, 0.25) is 0 Å². The number of anilines is 1. The van der Waals surface area contributed by atoms with Crippen LogP contribution in [-0.4, -0.2) is 25.2 Å². The van der Waals surface area contributed by atoms with Crippen molar-refractivity contribution in [1.29, 1.82) is 0 Å². The van der Waals surface area contributed by atoms with Crippen molar-refractivity contribution in [2.75, 3.05) is 5.32 Å². The Morgan fingerprint density at radius 1 is 1.40 bits per heavy atom. The first kappa shape index (κ1) is 12.9. The second-order valence-corrected chi connectivity index (χ2v) is 5.33. The van der Waals surface area contributed by atoms with Crippen LogP contribution in [0.15, 0.2) is 18.6 Å². The molecule has 0 aliphatic carbocycles.